The first-order chi connectivity index (χ1) is 15.2. The summed E-state index contributed by atoms with van der Waals surface area (Å²) in [6.07, 6.45) is -2.19. The molecule has 1 aromatic carbocycles. The lowest BCUT2D eigenvalue weighted by molar-refractivity contribution is -0.141. The molecule has 0 bridgehead atoms. The Labute approximate surface area is 182 Å². The fourth-order valence-corrected chi connectivity index (χ4v) is 3.23. The van der Waals surface area contributed by atoms with E-state index in [0.717, 1.165) is 0 Å². The zero-order valence-corrected chi connectivity index (χ0v) is 16.5. The number of alkyl halides is 3. The molecule has 0 radical (unpaired) electrons. The number of carbonyl (C=O) groups excluding carboxylic acids is 1. The van der Waals surface area contributed by atoms with Crippen LogP contribution in [-0.2, 0) is 6.18 Å². The van der Waals surface area contributed by atoms with Crippen molar-refractivity contribution in [1.29, 1.82) is 0 Å². The highest BCUT2D eigenvalue weighted by molar-refractivity contribution is 6.32. The maximum absolute atomic E-state index is 13.3. The number of amides is 1. The van der Waals surface area contributed by atoms with Crippen LogP contribution in [0.4, 0.5) is 18.9 Å². The number of hydrogen-bond acceptors (Lipinski definition) is 5. The molecule has 12 heteroatoms. The number of anilines is 1. The number of hydrogen-bond donors (Lipinski definition) is 2. The Morgan fingerprint density at radius 1 is 1.06 bits per heavy atom. The number of fused-ring (bicyclic) bond motifs is 1. The zero-order valence-electron chi connectivity index (χ0n) is 15.8. The third-order valence-corrected chi connectivity index (χ3v) is 4.70. The third-order valence-electron chi connectivity index (χ3n) is 4.41. The molecule has 4 aromatic rings. The quantitative estimate of drug-likeness (QED) is 0.465. The number of aromatic nitrogens is 4. The van der Waals surface area contributed by atoms with Crippen LogP contribution in [-0.4, -0.2) is 36.7 Å². The Balaban J connectivity index is 1.83. The van der Waals surface area contributed by atoms with Gasteiger partial charge in [0, 0.05) is 23.8 Å². The van der Waals surface area contributed by atoms with Crippen molar-refractivity contribution in [2.24, 2.45) is 0 Å². The molecule has 0 spiro atoms. The highest BCUT2D eigenvalue weighted by Crippen LogP contribution is 2.31. The fraction of sp³-hybridized carbons (Fsp3) is 0.0500. The van der Waals surface area contributed by atoms with E-state index in [0.29, 0.717) is 16.1 Å². The molecule has 0 aliphatic rings. The smallest absolute Gasteiger partial charge is 0.435 e. The summed E-state index contributed by atoms with van der Waals surface area (Å²) in [6, 6.07) is 9.45. The van der Waals surface area contributed by atoms with E-state index < -0.39 is 29.4 Å². The van der Waals surface area contributed by atoms with Gasteiger partial charge >= 0.3 is 12.1 Å². The number of benzene rings is 1. The molecule has 0 atom stereocenters. The number of nitrogens with zero attached hydrogens (tertiary/aromatic N) is 4. The number of pyridine rings is 2. The fourth-order valence-electron chi connectivity index (χ4n) is 3.03. The van der Waals surface area contributed by atoms with Crippen LogP contribution in [0, 0.1) is 0 Å². The van der Waals surface area contributed by atoms with Crippen LogP contribution in [0.25, 0.3) is 16.7 Å². The van der Waals surface area contributed by atoms with E-state index in [-0.39, 0.29) is 27.6 Å². The van der Waals surface area contributed by atoms with Crippen LogP contribution in [0.1, 0.15) is 26.5 Å². The molecule has 162 valence electrons. The van der Waals surface area contributed by atoms with E-state index in [9.17, 15) is 27.9 Å². The Hall–Kier alpha value is -3.99. The van der Waals surface area contributed by atoms with Crippen molar-refractivity contribution >= 4 is 40.1 Å². The normalized spacial score (nSPS) is 11.5. The molecule has 0 saturated carbocycles. The molecule has 1 amide bonds. The summed E-state index contributed by atoms with van der Waals surface area (Å²) in [5.41, 5.74) is -2.25. The molecule has 32 heavy (non-hydrogen) atoms. The van der Waals surface area contributed by atoms with Crippen molar-refractivity contribution < 1.29 is 27.9 Å². The molecule has 4 rings (SSSR count). The second-order valence-electron chi connectivity index (χ2n) is 6.46. The average molecular weight is 462 g/mol. The van der Waals surface area contributed by atoms with Gasteiger partial charge in [-0.15, -0.1) is 0 Å². The Morgan fingerprint density at radius 2 is 1.78 bits per heavy atom. The Kier molecular flexibility index (Phi) is 5.26. The maximum Gasteiger partial charge on any atom is 0.435 e. The van der Waals surface area contributed by atoms with Crippen LogP contribution in [0.15, 0.2) is 54.9 Å². The van der Waals surface area contributed by atoms with Gasteiger partial charge < -0.3 is 10.4 Å². The Morgan fingerprint density at radius 3 is 2.47 bits per heavy atom. The number of nitrogens with one attached hydrogen (secondary N) is 1. The summed E-state index contributed by atoms with van der Waals surface area (Å²) in [5, 5.41) is 15.9. The summed E-state index contributed by atoms with van der Waals surface area (Å²) in [6.45, 7) is 0. The average Bonchev–Trinajstić information content (AvgIpc) is 3.19. The maximum atomic E-state index is 13.3. The van der Waals surface area contributed by atoms with Crippen molar-refractivity contribution in [3.8, 4) is 5.82 Å². The van der Waals surface area contributed by atoms with Crippen LogP contribution in [0.3, 0.4) is 0 Å². The molecule has 2 N–H and O–H groups in total. The predicted molar refractivity (Wildman–Crippen MR) is 108 cm³/mol. The number of carboxylic acids is 1. The number of halogens is 4. The highest BCUT2D eigenvalue weighted by Gasteiger charge is 2.36. The van der Waals surface area contributed by atoms with E-state index >= 15 is 0 Å². The van der Waals surface area contributed by atoms with Crippen LogP contribution < -0.4 is 5.32 Å². The lowest BCUT2D eigenvalue weighted by Gasteiger charge is -2.12. The highest BCUT2D eigenvalue weighted by atomic mass is 35.5. The molecule has 0 fully saturated rings. The lowest BCUT2D eigenvalue weighted by Crippen LogP contribution is -2.19. The van der Waals surface area contributed by atoms with Gasteiger partial charge in [0.2, 0.25) is 0 Å². The molecule has 0 unspecified atom stereocenters. The van der Waals surface area contributed by atoms with E-state index in [4.69, 9.17) is 11.6 Å². The molecule has 8 nitrogen and oxygen atoms in total. The lowest BCUT2D eigenvalue weighted by atomic mass is 10.1. The topological polar surface area (TPSA) is 110 Å². The van der Waals surface area contributed by atoms with Crippen LogP contribution in [0.2, 0.25) is 5.02 Å². The first-order valence-electron chi connectivity index (χ1n) is 8.87. The van der Waals surface area contributed by atoms with E-state index in [1.165, 1.54) is 36.7 Å². The first-order valence-corrected chi connectivity index (χ1v) is 9.25. The van der Waals surface area contributed by atoms with Crippen molar-refractivity contribution in [3.05, 3.63) is 76.8 Å². The van der Waals surface area contributed by atoms with Gasteiger partial charge in [-0.25, -0.2) is 14.5 Å². The minimum absolute atomic E-state index is 0.0421. The zero-order chi connectivity index (χ0) is 23.0. The van der Waals surface area contributed by atoms with E-state index in [1.807, 2.05) is 0 Å². The van der Waals surface area contributed by atoms with Gasteiger partial charge in [0.1, 0.15) is 11.3 Å². The van der Waals surface area contributed by atoms with Crippen molar-refractivity contribution in [1.82, 2.24) is 19.7 Å². The van der Waals surface area contributed by atoms with Gasteiger partial charge in [0.05, 0.1) is 16.2 Å². The first kappa shape index (κ1) is 21.2. The summed E-state index contributed by atoms with van der Waals surface area (Å²) in [5.74, 6) is -2.62. The van der Waals surface area contributed by atoms with Gasteiger partial charge in [-0.3, -0.25) is 9.78 Å². The van der Waals surface area contributed by atoms with Crippen molar-refractivity contribution in [3.63, 3.8) is 0 Å². The summed E-state index contributed by atoms with van der Waals surface area (Å²) < 4.78 is 40.5. The summed E-state index contributed by atoms with van der Waals surface area (Å²) in [7, 11) is 0. The van der Waals surface area contributed by atoms with Gasteiger partial charge in [0.15, 0.2) is 11.5 Å². The molecule has 0 aliphatic heterocycles. The van der Waals surface area contributed by atoms with Gasteiger partial charge in [-0.2, -0.15) is 18.3 Å². The third kappa shape index (κ3) is 3.85. The van der Waals surface area contributed by atoms with Crippen LogP contribution in [0.5, 0.6) is 0 Å². The summed E-state index contributed by atoms with van der Waals surface area (Å²) >= 11 is 6.03. The minimum atomic E-state index is -4.85. The number of rotatable bonds is 4. The second-order valence-corrected chi connectivity index (χ2v) is 6.86. The number of carbonyl (C=O) groups is 2. The van der Waals surface area contributed by atoms with Crippen molar-refractivity contribution in [2.45, 2.75) is 6.18 Å². The van der Waals surface area contributed by atoms with Gasteiger partial charge in [0.25, 0.3) is 5.91 Å². The van der Waals surface area contributed by atoms with E-state index in [1.54, 1.807) is 12.1 Å². The Bertz CT molecular complexity index is 1370. The molecular formula is C20H11ClF3N5O3. The monoisotopic (exact) mass is 461 g/mol. The van der Waals surface area contributed by atoms with Crippen LogP contribution >= 0.6 is 11.6 Å². The van der Waals surface area contributed by atoms with Gasteiger partial charge in [-0.1, -0.05) is 23.7 Å². The van der Waals surface area contributed by atoms with Gasteiger partial charge in [-0.05, 0) is 24.3 Å². The largest absolute Gasteiger partial charge is 0.478 e. The number of aromatic carboxylic acids is 1. The molecule has 0 saturated heterocycles. The molecule has 0 aliphatic carbocycles. The second kappa shape index (κ2) is 7.93. The van der Waals surface area contributed by atoms with Crippen molar-refractivity contribution in [2.75, 3.05) is 5.32 Å². The predicted octanol–water partition coefficient (Wildman–Crippen LogP) is 4.44. The summed E-state index contributed by atoms with van der Waals surface area (Å²) in [4.78, 5) is 32.7. The number of carboxylic acid groups (broad SMARTS) is 1. The van der Waals surface area contributed by atoms with E-state index in [2.05, 4.69) is 20.4 Å². The standard InChI is InChI=1S/C20H11ClF3N5O3/c21-11-4-2-8-26-17(11)29-13(9-14(28-29)20(22,23)24)18(30)27-12-6-5-10-3-1-7-25-16(10)15(12)19(31)32/h1-9H,(H,27,30)(H,31,32). The minimum Gasteiger partial charge on any atom is -0.478 e. The molecular weight excluding hydrogens is 451 g/mol. The SMILES string of the molecule is O=C(O)c1c(NC(=O)c2cc(C(F)(F)F)nn2-c2ncccc2Cl)ccc2cccnc12. The molecule has 3 heterocycles. The molecule has 3 aromatic heterocycles.